The zero-order chi connectivity index (χ0) is 56.1. The van der Waals surface area contributed by atoms with Gasteiger partial charge in [-0.2, -0.15) is 0 Å². The van der Waals surface area contributed by atoms with Gasteiger partial charge in [0.05, 0.1) is 5.56 Å². The third-order valence-electron chi connectivity index (χ3n) is 20.5. The van der Waals surface area contributed by atoms with Crippen LogP contribution in [-0.2, 0) is 38.3 Å². The van der Waals surface area contributed by atoms with Crippen molar-refractivity contribution in [3.05, 3.63) is 30.1 Å². The fourth-order valence-electron chi connectivity index (χ4n) is 16.6. The third-order valence-corrected chi connectivity index (χ3v) is 20.5. The molecule has 3 saturated heterocycles. The number of nitrogens with two attached hydrogens (primary N) is 1. The molecule has 0 aromatic carbocycles. The van der Waals surface area contributed by atoms with Crippen molar-refractivity contribution in [2.45, 2.75) is 220 Å². The van der Waals surface area contributed by atoms with E-state index in [0.29, 0.717) is 62.0 Å². The lowest BCUT2D eigenvalue weighted by atomic mass is 9.44. The Morgan fingerprint density at radius 3 is 2.09 bits per heavy atom. The molecule has 1 aromatic rings. The molecule has 17 nitrogen and oxygen atoms in total. The van der Waals surface area contributed by atoms with Gasteiger partial charge in [0.25, 0.3) is 5.91 Å². The summed E-state index contributed by atoms with van der Waals surface area (Å²) >= 11 is 0. The molecule has 4 saturated carbocycles. The van der Waals surface area contributed by atoms with Crippen LogP contribution in [0, 0.1) is 58.2 Å². The van der Waals surface area contributed by atoms with E-state index in [9.17, 15) is 38.4 Å². The first-order valence-electron chi connectivity index (χ1n) is 30.4. The number of nitrogens with one attached hydrogen (secondary N) is 3. The first-order chi connectivity index (χ1) is 37.2. The molecule has 17 heteroatoms. The van der Waals surface area contributed by atoms with Gasteiger partial charge >= 0.3 is 5.97 Å². The number of fused-ring (bicyclic) bond motifs is 5. The Morgan fingerprint density at radius 2 is 1.40 bits per heavy atom. The quantitative estimate of drug-likeness (QED) is 0.0913. The molecule has 2 unspecified atom stereocenters. The van der Waals surface area contributed by atoms with Gasteiger partial charge in [-0.3, -0.25) is 43.3 Å². The molecule has 0 radical (unpaired) electrons. The number of carbonyl (C=O) groups excluding carboxylic acids is 8. The van der Waals surface area contributed by atoms with Crippen LogP contribution < -0.4 is 21.7 Å². The van der Waals surface area contributed by atoms with Gasteiger partial charge in [0.1, 0.15) is 42.9 Å². The Kier molecular flexibility index (Phi) is 19.4. The van der Waals surface area contributed by atoms with E-state index in [2.05, 4.69) is 55.6 Å². The van der Waals surface area contributed by atoms with Crippen molar-refractivity contribution in [3.8, 4) is 0 Å². The predicted octanol–water partition coefficient (Wildman–Crippen LogP) is 7.10. The molecule has 3 aliphatic heterocycles. The van der Waals surface area contributed by atoms with Crippen LogP contribution in [0.15, 0.2) is 24.5 Å². The van der Waals surface area contributed by atoms with Crippen molar-refractivity contribution >= 4 is 47.3 Å². The smallest absolute Gasteiger partial charge is 0.325 e. The largest absolute Gasteiger partial charge is 0.461 e. The molecule has 4 heterocycles. The summed E-state index contributed by atoms with van der Waals surface area (Å²) in [4.78, 5) is 118. The highest BCUT2D eigenvalue weighted by Gasteiger charge is 2.61. The number of carbonyl (C=O) groups is 8. The Labute approximate surface area is 464 Å². The molecule has 14 atom stereocenters. The van der Waals surface area contributed by atoms with Crippen molar-refractivity contribution in [2.75, 3.05) is 26.2 Å². The number of hydrogen-bond acceptors (Lipinski definition) is 10. The monoisotopic (exact) mass is 1080 g/mol. The average Bonchev–Trinajstić information content (AvgIpc) is 4.41. The van der Waals surface area contributed by atoms with Gasteiger partial charge in [0.15, 0.2) is 0 Å². The zero-order valence-electron chi connectivity index (χ0n) is 48.1. The Morgan fingerprint density at radius 1 is 0.718 bits per heavy atom. The number of nitrogens with zero attached hydrogens (tertiary/aromatic N) is 4. The van der Waals surface area contributed by atoms with Gasteiger partial charge in [-0.15, -0.1) is 0 Å². The van der Waals surface area contributed by atoms with Gasteiger partial charge in [0, 0.05) is 38.4 Å². The predicted molar refractivity (Wildman–Crippen MR) is 295 cm³/mol. The normalized spacial score (nSPS) is 31.7. The summed E-state index contributed by atoms with van der Waals surface area (Å²) in [6, 6.07) is -1.61. The molecular weight excluding hydrogens is 989 g/mol. The topological polar surface area (TPSA) is 231 Å². The highest BCUT2D eigenvalue weighted by atomic mass is 16.5. The van der Waals surface area contributed by atoms with E-state index < -0.39 is 65.7 Å². The lowest BCUT2D eigenvalue weighted by molar-refractivity contribution is -0.162. The number of rotatable bonds is 21. The molecular formula is C61H94N8O9. The van der Waals surface area contributed by atoms with E-state index in [-0.39, 0.29) is 68.1 Å². The summed E-state index contributed by atoms with van der Waals surface area (Å²) in [6.45, 7) is 16.9. The van der Waals surface area contributed by atoms with Crippen molar-refractivity contribution < 1.29 is 43.1 Å². The minimum atomic E-state index is -1.28. The lowest BCUT2D eigenvalue weighted by Gasteiger charge is -2.61. The van der Waals surface area contributed by atoms with E-state index in [4.69, 9.17) is 10.5 Å². The van der Waals surface area contributed by atoms with E-state index in [1.54, 1.807) is 18.3 Å². The first-order valence-corrected chi connectivity index (χ1v) is 30.4. The van der Waals surface area contributed by atoms with E-state index in [1.807, 2.05) is 13.8 Å². The minimum Gasteiger partial charge on any atom is -0.461 e. The summed E-state index contributed by atoms with van der Waals surface area (Å²) in [5.41, 5.74) is 6.58. The maximum atomic E-state index is 14.5. The summed E-state index contributed by atoms with van der Waals surface area (Å²) < 4.78 is 6.12. The standard InChI is InChI=1S/C61H94N8O9/c1-37(2)13-8-14-39(5)44-21-22-45-43-20-19-41-34-42(25-27-60(41,6)46(43)26-28-61(44,45)7)78-53(71)36-64-55(73)49-16-10-30-67(49)58(76)48(33-38(3)4)66-54(72)47(23-24-52(62)70)65-56(74)50-17-11-31-68(50)59(77)51-18-12-32-69(51)57(75)40-15-9-29-63-35-40/h9,15,29,35,37-39,41-51H,8,10-14,16-28,30-34,36H2,1-7H3,(H2,62,70)(H,64,73)(H,65,74)(H,66,72)/t39-,41?,42?,43+,44-,45+,46+,47+,48+,49+,50+,51+,60+,61-/m1/s1. The molecule has 4 aliphatic carbocycles. The number of ether oxygens (including phenoxy) is 1. The second kappa shape index (κ2) is 25.6. The van der Waals surface area contributed by atoms with E-state index in [0.717, 1.165) is 54.8 Å². The van der Waals surface area contributed by atoms with Crippen molar-refractivity contribution in [2.24, 2.45) is 63.9 Å². The summed E-state index contributed by atoms with van der Waals surface area (Å²) in [5, 5.41) is 8.39. The van der Waals surface area contributed by atoms with Crippen molar-refractivity contribution in [1.29, 1.82) is 0 Å². The lowest BCUT2D eigenvalue weighted by Crippen LogP contribution is -2.59. The fraction of sp³-hybridized carbons (Fsp3) is 0.787. The molecule has 1 aromatic heterocycles. The Balaban J connectivity index is 0.828. The van der Waals surface area contributed by atoms with Crippen LogP contribution >= 0.6 is 0 Å². The fourth-order valence-corrected chi connectivity index (χ4v) is 16.6. The number of amides is 7. The number of pyridine rings is 1. The average molecular weight is 1080 g/mol. The summed E-state index contributed by atoms with van der Waals surface area (Å²) in [7, 11) is 0. The second-order valence-electron chi connectivity index (χ2n) is 26.3. The van der Waals surface area contributed by atoms with Gasteiger partial charge in [-0.05, 0) is 179 Å². The molecule has 0 bridgehead atoms. The maximum absolute atomic E-state index is 14.5. The Hall–Kier alpha value is -5.09. The molecule has 5 N–H and O–H groups in total. The number of esters is 1. The van der Waals surface area contributed by atoms with Crippen LogP contribution in [-0.4, -0.2) is 129 Å². The molecule has 7 amide bonds. The van der Waals surface area contributed by atoms with Gasteiger partial charge < -0.3 is 41.1 Å². The molecule has 8 rings (SSSR count). The highest BCUT2D eigenvalue weighted by Crippen LogP contribution is 2.68. The van der Waals surface area contributed by atoms with Crippen molar-refractivity contribution in [3.63, 3.8) is 0 Å². The van der Waals surface area contributed by atoms with Crippen LogP contribution in [0.25, 0.3) is 0 Å². The van der Waals surface area contributed by atoms with Gasteiger partial charge in [-0.1, -0.05) is 67.7 Å². The molecule has 7 aliphatic rings. The minimum absolute atomic E-state index is 0.0647. The highest BCUT2D eigenvalue weighted by molar-refractivity contribution is 6.00. The van der Waals surface area contributed by atoms with Crippen LogP contribution in [0.2, 0.25) is 0 Å². The first kappa shape index (κ1) is 59.0. The molecule has 7 fully saturated rings. The zero-order valence-corrected chi connectivity index (χ0v) is 48.1. The summed E-state index contributed by atoms with van der Waals surface area (Å²) in [5.74, 6) is 1.08. The van der Waals surface area contributed by atoms with E-state index >= 15 is 0 Å². The second-order valence-corrected chi connectivity index (χ2v) is 26.3. The number of likely N-dealkylation sites (tertiary alicyclic amines) is 3. The number of primary amides is 1. The van der Waals surface area contributed by atoms with Crippen LogP contribution in [0.1, 0.15) is 194 Å². The summed E-state index contributed by atoms with van der Waals surface area (Å²) in [6.07, 6.45) is 20.1. The number of hydrogen-bond donors (Lipinski definition) is 4. The van der Waals surface area contributed by atoms with Crippen LogP contribution in [0.5, 0.6) is 0 Å². The molecule has 432 valence electrons. The van der Waals surface area contributed by atoms with Gasteiger partial charge in [0.2, 0.25) is 35.4 Å². The van der Waals surface area contributed by atoms with Crippen molar-refractivity contribution in [1.82, 2.24) is 35.6 Å². The SMILES string of the molecule is CC(C)CCC[C@@H](C)[C@H]1CC[C@H]2[C@@H]3CCC4CC(OC(=O)CNC(=O)[C@@H]5CCCN5C(=O)[C@H](CC(C)C)NC(=O)[C@H](CCC(N)=O)NC(=O)[C@@H]5CCCN5C(=O)[C@@H]5CCCN5C(=O)c5cccnc5)CC[C@]4(C)[C@H]3CC[C@]12C. The van der Waals surface area contributed by atoms with Gasteiger partial charge in [-0.25, -0.2) is 0 Å². The molecule has 78 heavy (non-hydrogen) atoms. The maximum Gasteiger partial charge on any atom is 0.325 e. The third kappa shape index (κ3) is 13.1. The van der Waals surface area contributed by atoms with Crippen LogP contribution in [0.4, 0.5) is 0 Å². The van der Waals surface area contributed by atoms with E-state index in [1.165, 1.54) is 78.7 Å². The van der Waals surface area contributed by atoms with Crippen LogP contribution in [0.3, 0.4) is 0 Å². The Bertz CT molecular complexity index is 2330. The molecule has 0 spiro atoms. The number of aromatic nitrogens is 1.